The lowest BCUT2D eigenvalue weighted by Crippen LogP contribution is -2.28. The molecule has 3 rings (SSSR count). The van der Waals surface area contributed by atoms with Crippen LogP contribution in [-0.2, 0) is 12.8 Å². The maximum absolute atomic E-state index is 12.6. The first kappa shape index (κ1) is 18.9. The number of aryl methyl sites for hydroxylation is 1. The fourth-order valence-electron chi connectivity index (χ4n) is 3.25. The second-order valence-electron chi connectivity index (χ2n) is 6.87. The maximum atomic E-state index is 12.6. The molecule has 5 nitrogen and oxygen atoms in total. The second-order valence-corrected chi connectivity index (χ2v) is 7.81. The van der Waals surface area contributed by atoms with Crippen LogP contribution in [0.25, 0.3) is 0 Å². The number of amides is 1. The summed E-state index contributed by atoms with van der Waals surface area (Å²) in [5.74, 6) is 1.55. The molecule has 2 aromatic rings. The minimum absolute atomic E-state index is 0.0202. The summed E-state index contributed by atoms with van der Waals surface area (Å²) in [6.07, 6.45) is 4.05. The van der Waals surface area contributed by atoms with Crippen LogP contribution in [0.1, 0.15) is 33.9 Å². The second kappa shape index (κ2) is 9.14. The molecule has 0 aliphatic carbocycles. The number of ether oxygens (including phenoxy) is 1. The Hall–Kier alpha value is -1.92. The average Bonchev–Trinajstić information content (AvgIpc) is 3.34. The first-order valence-corrected chi connectivity index (χ1v) is 10.1. The van der Waals surface area contributed by atoms with Crippen LogP contribution in [-0.4, -0.2) is 49.6 Å². The van der Waals surface area contributed by atoms with Gasteiger partial charge in [0, 0.05) is 25.4 Å². The summed E-state index contributed by atoms with van der Waals surface area (Å²) in [6, 6.07) is 8.10. The molecule has 1 aromatic carbocycles. The number of thiazole rings is 1. The Kier molecular flexibility index (Phi) is 6.63. The van der Waals surface area contributed by atoms with E-state index in [0.717, 1.165) is 49.7 Å². The zero-order valence-corrected chi connectivity index (χ0v) is 16.3. The van der Waals surface area contributed by atoms with Gasteiger partial charge in [-0.2, -0.15) is 0 Å². The van der Waals surface area contributed by atoms with Gasteiger partial charge in [0.15, 0.2) is 0 Å². The molecule has 1 fully saturated rings. The van der Waals surface area contributed by atoms with Crippen LogP contribution in [0.2, 0.25) is 0 Å². The highest BCUT2D eigenvalue weighted by Crippen LogP contribution is 2.19. The van der Waals surface area contributed by atoms with E-state index in [9.17, 15) is 4.79 Å². The van der Waals surface area contributed by atoms with E-state index in [1.807, 2.05) is 24.6 Å². The molecule has 2 heterocycles. The highest BCUT2D eigenvalue weighted by atomic mass is 32.1. The van der Waals surface area contributed by atoms with Gasteiger partial charge in [-0.3, -0.25) is 4.79 Å². The van der Waals surface area contributed by atoms with Gasteiger partial charge in [0.2, 0.25) is 0 Å². The number of nitrogens with zero attached hydrogens (tertiary/aromatic N) is 2. The Morgan fingerprint density at radius 3 is 2.88 bits per heavy atom. The number of nitrogens with one attached hydrogen (secondary N) is 1. The molecule has 1 unspecified atom stereocenters. The van der Waals surface area contributed by atoms with E-state index in [2.05, 4.69) is 22.4 Å². The van der Waals surface area contributed by atoms with Gasteiger partial charge in [-0.1, -0.05) is 12.1 Å². The number of carbonyl (C=O) groups is 1. The molecule has 0 bridgehead atoms. The first-order chi connectivity index (χ1) is 12.7. The van der Waals surface area contributed by atoms with Crippen molar-refractivity contribution in [3.05, 3.63) is 45.9 Å². The molecule has 140 valence electrons. The molecule has 0 spiro atoms. The van der Waals surface area contributed by atoms with Crippen LogP contribution in [0.5, 0.6) is 5.75 Å². The van der Waals surface area contributed by atoms with Crippen LogP contribution in [0.15, 0.2) is 29.6 Å². The number of methoxy groups -OCH3 is 1. The van der Waals surface area contributed by atoms with Crippen molar-refractivity contribution >= 4 is 17.2 Å². The predicted octanol–water partition coefficient (Wildman–Crippen LogP) is 3.01. The van der Waals surface area contributed by atoms with E-state index in [0.29, 0.717) is 11.6 Å². The molecular formula is C20H27N3O2S. The molecule has 0 radical (unpaired) electrons. The Morgan fingerprint density at radius 2 is 2.19 bits per heavy atom. The van der Waals surface area contributed by atoms with Crippen LogP contribution in [0.4, 0.5) is 0 Å². The topological polar surface area (TPSA) is 54.5 Å². The molecule has 1 amide bonds. The van der Waals surface area contributed by atoms with Gasteiger partial charge in [-0.25, -0.2) is 4.98 Å². The molecule has 1 atom stereocenters. The fraction of sp³-hybridized carbons (Fsp3) is 0.500. The summed E-state index contributed by atoms with van der Waals surface area (Å²) in [4.78, 5) is 18.9. The number of rotatable bonds is 8. The largest absolute Gasteiger partial charge is 0.497 e. The molecule has 1 aromatic heterocycles. The van der Waals surface area contributed by atoms with Gasteiger partial charge < -0.3 is 15.0 Å². The summed E-state index contributed by atoms with van der Waals surface area (Å²) >= 11 is 1.61. The molecule has 1 saturated heterocycles. The van der Waals surface area contributed by atoms with Crippen molar-refractivity contribution in [2.75, 3.05) is 33.8 Å². The fourth-order valence-corrected chi connectivity index (χ4v) is 4.13. The molecule has 6 heteroatoms. The van der Waals surface area contributed by atoms with Crippen LogP contribution in [0.3, 0.4) is 0 Å². The monoisotopic (exact) mass is 373 g/mol. The van der Waals surface area contributed by atoms with Gasteiger partial charge in [-0.05, 0) is 56.0 Å². The number of aromatic nitrogens is 1. The standard InChI is InChI=1S/C20H27N3O2S/c1-23(11-3-4-15-5-7-17(25-2)8-6-15)20(24)18-14-26-19(22-18)12-16-9-10-21-13-16/h5-8,14,16,21H,3-4,9-13H2,1-2H3. The summed E-state index contributed by atoms with van der Waals surface area (Å²) in [5.41, 5.74) is 1.84. The normalized spacial score (nSPS) is 16.6. The van der Waals surface area contributed by atoms with Crippen molar-refractivity contribution in [2.45, 2.75) is 25.7 Å². The van der Waals surface area contributed by atoms with Crippen molar-refractivity contribution in [2.24, 2.45) is 5.92 Å². The zero-order valence-electron chi connectivity index (χ0n) is 15.5. The van der Waals surface area contributed by atoms with Gasteiger partial charge in [0.05, 0.1) is 12.1 Å². The number of carbonyl (C=O) groups excluding carboxylic acids is 1. The SMILES string of the molecule is COc1ccc(CCCN(C)C(=O)c2csc(CC3CCNC3)n2)cc1. The van der Waals surface area contributed by atoms with E-state index in [-0.39, 0.29) is 5.91 Å². The van der Waals surface area contributed by atoms with E-state index >= 15 is 0 Å². The third-order valence-corrected chi connectivity index (χ3v) is 5.73. The van der Waals surface area contributed by atoms with Crippen molar-refractivity contribution in [3.8, 4) is 5.75 Å². The van der Waals surface area contributed by atoms with Gasteiger partial charge in [0.1, 0.15) is 11.4 Å². The first-order valence-electron chi connectivity index (χ1n) is 9.19. The maximum Gasteiger partial charge on any atom is 0.273 e. The van der Waals surface area contributed by atoms with Crippen LogP contribution < -0.4 is 10.1 Å². The predicted molar refractivity (Wildman–Crippen MR) is 105 cm³/mol. The number of benzene rings is 1. The van der Waals surface area contributed by atoms with E-state index in [4.69, 9.17) is 4.74 Å². The lowest BCUT2D eigenvalue weighted by Gasteiger charge is -2.15. The Bertz CT molecular complexity index is 708. The molecule has 1 aliphatic heterocycles. The van der Waals surface area contributed by atoms with Crippen molar-refractivity contribution in [1.29, 1.82) is 0 Å². The quantitative estimate of drug-likeness (QED) is 0.773. The summed E-state index contributed by atoms with van der Waals surface area (Å²) < 4.78 is 5.17. The van der Waals surface area contributed by atoms with E-state index in [1.54, 1.807) is 23.3 Å². The third kappa shape index (κ3) is 5.05. The van der Waals surface area contributed by atoms with Gasteiger partial charge >= 0.3 is 0 Å². The molecular weight excluding hydrogens is 346 g/mol. The van der Waals surface area contributed by atoms with Gasteiger partial charge in [-0.15, -0.1) is 11.3 Å². The summed E-state index contributed by atoms with van der Waals surface area (Å²) in [7, 11) is 3.53. The lowest BCUT2D eigenvalue weighted by atomic mass is 10.1. The minimum Gasteiger partial charge on any atom is -0.497 e. The Balaban J connectivity index is 1.45. The minimum atomic E-state index is 0.0202. The molecule has 1 aliphatic rings. The van der Waals surface area contributed by atoms with Crippen molar-refractivity contribution in [3.63, 3.8) is 0 Å². The highest BCUT2D eigenvalue weighted by molar-refractivity contribution is 7.09. The van der Waals surface area contributed by atoms with E-state index < -0.39 is 0 Å². The lowest BCUT2D eigenvalue weighted by molar-refractivity contribution is 0.0788. The Labute approximate surface area is 159 Å². The molecule has 26 heavy (non-hydrogen) atoms. The molecule has 0 saturated carbocycles. The average molecular weight is 374 g/mol. The summed E-state index contributed by atoms with van der Waals surface area (Å²) in [5, 5.41) is 6.36. The van der Waals surface area contributed by atoms with E-state index in [1.165, 1.54) is 12.0 Å². The van der Waals surface area contributed by atoms with Crippen molar-refractivity contribution in [1.82, 2.24) is 15.2 Å². The van der Waals surface area contributed by atoms with Gasteiger partial charge in [0.25, 0.3) is 5.91 Å². The smallest absolute Gasteiger partial charge is 0.273 e. The number of hydrogen-bond acceptors (Lipinski definition) is 5. The number of hydrogen-bond donors (Lipinski definition) is 1. The zero-order chi connectivity index (χ0) is 18.4. The van der Waals surface area contributed by atoms with Crippen molar-refractivity contribution < 1.29 is 9.53 Å². The summed E-state index contributed by atoms with van der Waals surface area (Å²) in [6.45, 7) is 2.89. The Morgan fingerprint density at radius 1 is 1.38 bits per heavy atom. The molecule has 1 N–H and O–H groups in total. The highest BCUT2D eigenvalue weighted by Gasteiger charge is 2.19. The third-order valence-electron chi connectivity index (χ3n) is 4.86. The van der Waals surface area contributed by atoms with Crippen LogP contribution >= 0.6 is 11.3 Å². The van der Waals surface area contributed by atoms with Crippen LogP contribution in [0, 0.1) is 5.92 Å².